The molecule has 1 aliphatic heterocycles. The zero-order valence-corrected chi connectivity index (χ0v) is 13.0. The summed E-state index contributed by atoms with van der Waals surface area (Å²) in [5, 5.41) is 0. The van der Waals surface area contributed by atoms with Gasteiger partial charge in [-0.05, 0) is 19.3 Å². The molecule has 0 N–H and O–H groups in total. The number of hydrogen-bond donors (Lipinski definition) is 0. The molecule has 0 spiro atoms. The van der Waals surface area contributed by atoms with E-state index in [0.29, 0.717) is 32.7 Å². The number of carbonyl (C=O) groups is 2. The normalized spacial score (nSPS) is 23.5. The van der Waals surface area contributed by atoms with Crippen LogP contribution in [-0.2, 0) is 14.3 Å². The molecule has 7 heteroatoms. The minimum absolute atomic E-state index is 0.0510. The van der Waals surface area contributed by atoms with Crippen molar-refractivity contribution >= 4 is 11.8 Å². The molecule has 2 rings (SSSR count). The second-order valence-electron chi connectivity index (χ2n) is 6.12. The molecule has 5 nitrogen and oxygen atoms in total. The third-order valence-electron chi connectivity index (χ3n) is 4.48. The van der Waals surface area contributed by atoms with Gasteiger partial charge in [-0.1, -0.05) is 0 Å². The molecule has 2 amide bonds. The highest BCUT2D eigenvalue weighted by Gasteiger charge is 2.39. The molecule has 0 radical (unpaired) electrons. The maximum absolute atomic E-state index is 13.2. The van der Waals surface area contributed by atoms with Crippen molar-refractivity contribution in [3.63, 3.8) is 0 Å². The van der Waals surface area contributed by atoms with Crippen molar-refractivity contribution in [1.29, 1.82) is 0 Å². The predicted octanol–water partition coefficient (Wildman–Crippen LogP) is 1.52. The molecule has 0 atom stereocenters. The van der Waals surface area contributed by atoms with Crippen LogP contribution in [0.2, 0.25) is 0 Å². The zero-order chi connectivity index (χ0) is 16.2. The molecule has 0 bridgehead atoms. The van der Waals surface area contributed by atoms with Gasteiger partial charge in [0.2, 0.25) is 17.7 Å². The Morgan fingerprint density at radius 2 is 2.00 bits per heavy atom. The van der Waals surface area contributed by atoms with Crippen LogP contribution in [0.15, 0.2) is 0 Å². The first-order chi connectivity index (χ1) is 10.4. The predicted molar refractivity (Wildman–Crippen MR) is 76.6 cm³/mol. The fraction of sp³-hybridized carbons (Fsp3) is 0.867. The molecule has 1 saturated heterocycles. The second kappa shape index (κ2) is 7.35. The van der Waals surface area contributed by atoms with Gasteiger partial charge in [0.15, 0.2) is 0 Å². The summed E-state index contributed by atoms with van der Waals surface area (Å²) in [5.74, 6) is -3.23. The first kappa shape index (κ1) is 17.1. The summed E-state index contributed by atoms with van der Waals surface area (Å²) in [7, 11) is 1.58. The van der Waals surface area contributed by atoms with E-state index >= 15 is 0 Å². The maximum atomic E-state index is 13.2. The smallest absolute Gasteiger partial charge is 0.248 e. The van der Waals surface area contributed by atoms with Gasteiger partial charge >= 0.3 is 0 Å². The molecule has 126 valence electrons. The summed E-state index contributed by atoms with van der Waals surface area (Å²) >= 11 is 0. The summed E-state index contributed by atoms with van der Waals surface area (Å²) < 4.78 is 31.3. The average Bonchev–Trinajstić information content (AvgIpc) is 2.66. The number of nitrogens with zero attached hydrogens (tertiary/aromatic N) is 2. The fourth-order valence-electron chi connectivity index (χ4n) is 3.09. The molecule has 0 unspecified atom stereocenters. The van der Waals surface area contributed by atoms with E-state index in [9.17, 15) is 18.4 Å². The van der Waals surface area contributed by atoms with Gasteiger partial charge in [-0.2, -0.15) is 0 Å². The molecule has 1 saturated carbocycles. The van der Waals surface area contributed by atoms with E-state index in [1.54, 1.807) is 16.9 Å². The number of amides is 2. The van der Waals surface area contributed by atoms with Crippen molar-refractivity contribution in [2.75, 3.05) is 39.9 Å². The molecular formula is C15H24F2N2O3. The average molecular weight is 318 g/mol. The van der Waals surface area contributed by atoms with Crippen LogP contribution >= 0.6 is 0 Å². The summed E-state index contributed by atoms with van der Waals surface area (Å²) in [6.45, 7) is 2.16. The third-order valence-corrected chi connectivity index (χ3v) is 4.48. The van der Waals surface area contributed by atoms with Gasteiger partial charge in [0.25, 0.3) is 0 Å². The standard InChI is InChI=1S/C15H24F2N2O3/c1-22-10-9-18-7-2-8-19(11-13(18)20)14(21)12-3-5-15(16,17)6-4-12/h12H,2-11H2,1H3. The zero-order valence-electron chi connectivity index (χ0n) is 13.0. The van der Waals surface area contributed by atoms with Crippen molar-refractivity contribution in [2.24, 2.45) is 5.92 Å². The summed E-state index contributed by atoms with van der Waals surface area (Å²) in [6, 6.07) is 0. The Kier molecular flexibility index (Phi) is 5.72. The lowest BCUT2D eigenvalue weighted by Gasteiger charge is -2.31. The minimum atomic E-state index is -2.64. The summed E-state index contributed by atoms with van der Waals surface area (Å²) in [4.78, 5) is 27.9. The van der Waals surface area contributed by atoms with Gasteiger partial charge in [0.05, 0.1) is 13.2 Å². The van der Waals surface area contributed by atoms with Crippen molar-refractivity contribution in [2.45, 2.75) is 38.0 Å². The monoisotopic (exact) mass is 318 g/mol. The topological polar surface area (TPSA) is 49.9 Å². The number of alkyl halides is 2. The number of methoxy groups -OCH3 is 1. The number of rotatable bonds is 4. The van der Waals surface area contributed by atoms with Crippen LogP contribution in [0.3, 0.4) is 0 Å². The van der Waals surface area contributed by atoms with Gasteiger partial charge in [-0.15, -0.1) is 0 Å². The Morgan fingerprint density at radius 3 is 2.64 bits per heavy atom. The van der Waals surface area contributed by atoms with E-state index in [0.717, 1.165) is 0 Å². The number of hydrogen-bond acceptors (Lipinski definition) is 3. The van der Waals surface area contributed by atoms with Crippen LogP contribution in [0, 0.1) is 5.92 Å². The van der Waals surface area contributed by atoms with Gasteiger partial charge in [-0.3, -0.25) is 9.59 Å². The maximum Gasteiger partial charge on any atom is 0.248 e. The third kappa shape index (κ3) is 4.38. The van der Waals surface area contributed by atoms with Crippen molar-refractivity contribution < 1.29 is 23.1 Å². The minimum Gasteiger partial charge on any atom is -0.383 e. The molecule has 1 aliphatic carbocycles. The van der Waals surface area contributed by atoms with E-state index < -0.39 is 5.92 Å². The summed E-state index contributed by atoms with van der Waals surface area (Å²) in [6.07, 6.45) is 0.675. The van der Waals surface area contributed by atoms with Crippen molar-refractivity contribution in [3.05, 3.63) is 0 Å². The first-order valence-electron chi connectivity index (χ1n) is 7.86. The molecule has 0 aromatic carbocycles. The van der Waals surface area contributed by atoms with E-state index in [2.05, 4.69) is 0 Å². The lowest BCUT2D eigenvalue weighted by molar-refractivity contribution is -0.144. The summed E-state index contributed by atoms with van der Waals surface area (Å²) in [5.41, 5.74) is 0. The van der Waals surface area contributed by atoms with Gasteiger partial charge in [0.1, 0.15) is 0 Å². The van der Waals surface area contributed by atoms with Crippen LogP contribution in [0.25, 0.3) is 0 Å². The molecule has 2 aliphatic rings. The number of ether oxygens (including phenoxy) is 1. The molecule has 22 heavy (non-hydrogen) atoms. The highest BCUT2D eigenvalue weighted by Crippen LogP contribution is 2.36. The number of halogens is 2. The van der Waals surface area contributed by atoms with Gasteiger partial charge in [0, 0.05) is 45.5 Å². The van der Waals surface area contributed by atoms with Crippen LogP contribution in [0.5, 0.6) is 0 Å². The van der Waals surface area contributed by atoms with E-state index in [4.69, 9.17) is 4.74 Å². The Bertz CT molecular complexity index is 408. The Hall–Kier alpha value is -1.24. The fourth-order valence-corrected chi connectivity index (χ4v) is 3.09. The van der Waals surface area contributed by atoms with E-state index in [1.165, 1.54) is 0 Å². The largest absolute Gasteiger partial charge is 0.383 e. The Labute approximate surface area is 129 Å². The lowest BCUT2D eigenvalue weighted by Crippen LogP contribution is -2.43. The SMILES string of the molecule is COCCN1CCCN(C(=O)C2CCC(F)(F)CC2)CC1=O. The Morgan fingerprint density at radius 1 is 1.32 bits per heavy atom. The molecule has 2 fully saturated rings. The molecule has 1 heterocycles. The van der Waals surface area contributed by atoms with Crippen molar-refractivity contribution in [1.82, 2.24) is 9.80 Å². The van der Waals surface area contributed by atoms with E-state index in [1.807, 2.05) is 0 Å². The van der Waals surface area contributed by atoms with Gasteiger partial charge in [-0.25, -0.2) is 8.78 Å². The molecular weight excluding hydrogens is 294 g/mol. The van der Waals surface area contributed by atoms with Crippen LogP contribution in [-0.4, -0.2) is 67.4 Å². The molecule has 0 aromatic rings. The van der Waals surface area contributed by atoms with Crippen LogP contribution < -0.4 is 0 Å². The molecule has 0 aromatic heterocycles. The first-order valence-corrected chi connectivity index (χ1v) is 7.86. The van der Waals surface area contributed by atoms with Gasteiger partial charge < -0.3 is 14.5 Å². The van der Waals surface area contributed by atoms with E-state index in [-0.39, 0.29) is 50.0 Å². The second-order valence-corrected chi connectivity index (χ2v) is 6.12. The number of carbonyl (C=O) groups excluding carboxylic acids is 2. The van der Waals surface area contributed by atoms with Crippen LogP contribution in [0.1, 0.15) is 32.1 Å². The Balaban J connectivity index is 1.89. The highest BCUT2D eigenvalue weighted by atomic mass is 19.3. The quantitative estimate of drug-likeness (QED) is 0.790. The van der Waals surface area contributed by atoms with Crippen LogP contribution in [0.4, 0.5) is 8.78 Å². The lowest BCUT2D eigenvalue weighted by atomic mass is 9.86. The van der Waals surface area contributed by atoms with Crippen molar-refractivity contribution in [3.8, 4) is 0 Å². The highest BCUT2D eigenvalue weighted by molar-refractivity contribution is 5.86.